The van der Waals surface area contributed by atoms with Crippen LogP contribution in [0.3, 0.4) is 0 Å². The Kier molecular flexibility index (Phi) is 3.55. The van der Waals surface area contributed by atoms with E-state index in [-0.39, 0.29) is 11.8 Å². The fourth-order valence-corrected chi connectivity index (χ4v) is 5.22. The highest BCUT2D eigenvalue weighted by molar-refractivity contribution is 9.28. The van der Waals surface area contributed by atoms with Crippen molar-refractivity contribution in [3.05, 3.63) is 0 Å². The molecule has 0 aromatic heterocycles. The SMILES string of the molecule is CC(=O)N=C1O[C@@H]2[C@H](CS(=O)(=O)C2(Br)Br)N1C(C)=O. The molecule has 19 heavy (non-hydrogen) atoms. The predicted molar refractivity (Wildman–Crippen MR) is 73.7 cm³/mol. The molecule has 2 rings (SSSR count). The zero-order valence-corrected chi connectivity index (χ0v) is 14.0. The van der Waals surface area contributed by atoms with Crippen molar-refractivity contribution >= 4 is 59.5 Å². The second-order valence-electron chi connectivity index (χ2n) is 4.25. The minimum Gasteiger partial charge on any atom is -0.455 e. The van der Waals surface area contributed by atoms with Gasteiger partial charge in [-0.2, -0.15) is 4.99 Å². The van der Waals surface area contributed by atoms with E-state index in [0.717, 1.165) is 4.90 Å². The van der Waals surface area contributed by atoms with Crippen molar-refractivity contribution in [2.24, 2.45) is 4.99 Å². The fourth-order valence-electron chi connectivity index (χ4n) is 2.08. The van der Waals surface area contributed by atoms with Crippen LogP contribution in [0, 0.1) is 0 Å². The van der Waals surface area contributed by atoms with Crippen molar-refractivity contribution in [1.29, 1.82) is 0 Å². The lowest BCUT2D eigenvalue weighted by Crippen LogP contribution is -2.41. The summed E-state index contributed by atoms with van der Waals surface area (Å²) in [7, 11) is -3.53. The number of ether oxygens (including phenoxy) is 1. The van der Waals surface area contributed by atoms with E-state index in [2.05, 4.69) is 36.9 Å². The zero-order valence-electron chi connectivity index (χ0n) is 9.96. The molecule has 106 valence electrons. The Bertz CT molecular complexity index is 585. The summed E-state index contributed by atoms with van der Waals surface area (Å²) in [6.45, 7) is 2.48. The van der Waals surface area contributed by atoms with Crippen molar-refractivity contribution < 1.29 is 22.7 Å². The Morgan fingerprint density at radius 1 is 1.42 bits per heavy atom. The number of carbonyl (C=O) groups is 2. The molecule has 0 aromatic rings. The summed E-state index contributed by atoms with van der Waals surface area (Å²) in [6.07, 6.45) is -0.862. The highest BCUT2D eigenvalue weighted by Crippen LogP contribution is 2.49. The zero-order chi connectivity index (χ0) is 14.6. The van der Waals surface area contributed by atoms with Gasteiger partial charge in [0, 0.05) is 13.8 Å². The van der Waals surface area contributed by atoms with Crippen LogP contribution in [0.1, 0.15) is 13.8 Å². The third kappa shape index (κ3) is 2.23. The van der Waals surface area contributed by atoms with E-state index >= 15 is 0 Å². The Morgan fingerprint density at radius 2 is 2.00 bits per heavy atom. The number of hydrogen-bond acceptors (Lipinski definition) is 5. The predicted octanol–water partition coefficient (Wildman–Crippen LogP) is 0.377. The van der Waals surface area contributed by atoms with Gasteiger partial charge in [0.25, 0.3) is 0 Å². The van der Waals surface area contributed by atoms with E-state index in [4.69, 9.17) is 4.74 Å². The molecule has 2 aliphatic heterocycles. The molecule has 2 saturated heterocycles. The maximum Gasteiger partial charge on any atom is 0.302 e. The minimum atomic E-state index is -3.53. The summed E-state index contributed by atoms with van der Waals surface area (Å²) in [5, 5.41) is 0. The van der Waals surface area contributed by atoms with E-state index in [1.54, 1.807) is 0 Å². The van der Waals surface area contributed by atoms with Gasteiger partial charge in [0.05, 0.1) is 11.8 Å². The summed E-state index contributed by atoms with van der Waals surface area (Å²) in [5.41, 5.74) is 0. The van der Waals surface area contributed by atoms with Crippen LogP contribution in [-0.2, 0) is 24.2 Å². The van der Waals surface area contributed by atoms with Gasteiger partial charge in [-0.1, -0.05) is 31.9 Å². The van der Waals surface area contributed by atoms with Crippen molar-refractivity contribution in [3.8, 4) is 0 Å². The van der Waals surface area contributed by atoms with Crippen LogP contribution in [0.4, 0.5) is 0 Å². The summed E-state index contributed by atoms with van der Waals surface area (Å²) >= 11 is 6.13. The largest absolute Gasteiger partial charge is 0.455 e. The maximum absolute atomic E-state index is 12.0. The maximum atomic E-state index is 12.0. The second kappa shape index (κ2) is 4.52. The van der Waals surface area contributed by atoms with Crippen LogP contribution in [0.15, 0.2) is 4.99 Å². The van der Waals surface area contributed by atoms with Gasteiger partial charge in [-0.05, 0) is 0 Å². The van der Waals surface area contributed by atoms with Crippen molar-refractivity contribution in [2.45, 2.75) is 28.6 Å². The van der Waals surface area contributed by atoms with E-state index in [0.29, 0.717) is 0 Å². The number of amidine groups is 1. The molecule has 0 spiro atoms. The molecule has 0 unspecified atom stereocenters. The van der Waals surface area contributed by atoms with Gasteiger partial charge in [-0.15, -0.1) is 0 Å². The number of sulfone groups is 1. The average molecular weight is 418 g/mol. The molecule has 10 heteroatoms. The van der Waals surface area contributed by atoms with Gasteiger partial charge in [0.15, 0.2) is 15.9 Å². The third-order valence-corrected chi connectivity index (χ3v) is 8.55. The van der Waals surface area contributed by atoms with Crippen LogP contribution < -0.4 is 0 Å². The number of halogens is 2. The molecule has 2 heterocycles. The molecule has 0 bridgehead atoms. The van der Waals surface area contributed by atoms with Crippen LogP contribution in [0.2, 0.25) is 0 Å². The molecular weight excluding hydrogens is 408 g/mol. The molecule has 7 nitrogen and oxygen atoms in total. The van der Waals surface area contributed by atoms with E-state index in [9.17, 15) is 18.0 Å². The van der Waals surface area contributed by atoms with Gasteiger partial charge in [-0.3, -0.25) is 14.5 Å². The normalized spacial score (nSPS) is 33.1. The lowest BCUT2D eigenvalue weighted by molar-refractivity contribution is -0.125. The molecule has 0 N–H and O–H groups in total. The molecule has 2 amide bonds. The highest BCUT2D eigenvalue weighted by Gasteiger charge is 2.65. The van der Waals surface area contributed by atoms with Gasteiger partial charge >= 0.3 is 6.02 Å². The number of nitrogens with zero attached hydrogens (tertiary/aromatic N) is 2. The third-order valence-electron chi connectivity index (χ3n) is 2.85. The Labute approximate surface area is 126 Å². The van der Waals surface area contributed by atoms with Crippen molar-refractivity contribution in [2.75, 3.05) is 5.75 Å². The van der Waals surface area contributed by atoms with Crippen LogP contribution in [0.5, 0.6) is 0 Å². The highest BCUT2D eigenvalue weighted by atomic mass is 79.9. The van der Waals surface area contributed by atoms with E-state index in [1.165, 1.54) is 13.8 Å². The standard InChI is InChI=1S/C9H10Br2N2O5S/c1-4(14)12-8-13(5(2)15)6-3-19(16,17)9(10,11)7(6)18-8/h6-7H,3H2,1-2H3/t6-,7+/m0/s1. The topological polar surface area (TPSA) is 93.1 Å². The van der Waals surface area contributed by atoms with E-state index in [1.807, 2.05) is 0 Å². The van der Waals surface area contributed by atoms with Gasteiger partial charge < -0.3 is 4.74 Å². The van der Waals surface area contributed by atoms with E-state index < -0.39 is 36.4 Å². The average Bonchev–Trinajstić information content (AvgIpc) is 2.61. The fraction of sp³-hybridized carbons (Fsp3) is 0.667. The molecule has 0 aromatic carbocycles. The first kappa shape index (κ1) is 14.9. The Morgan fingerprint density at radius 3 is 2.47 bits per heavy atom. The number of rotatable bonds is 0. The smallest absolute Gasteiger partial charge is 0.302 e. The summed E-state index contributed by atoms with van der Waals surface area (Å²) in [4.78, 5) is 27.4. The molecule has 2 fully saturated rings. The summed E-state index contributed by atoms with van der Waals surface area (Å²) in [6, 6.07) is -0.868. The molecule has 0 saturated carbocycles. The number of fused-ring (bicyclic) bond motifs is 1. The van der Waals surface area contributed by atoms with Crippen molar-refractivity contribution in [1.82, 2.24) is 4.90 Å². The number of alkyl halides is 2. The van der Waals surface area contributed by atoms with Crippen LogP contribution in [0.25, 0.3) is 0 Å². The summed E-state index contributed by atoms with van der Waals surface area (Å²) in [5.74, 6) is -1.23. The molecule has 0 aliphatic carbocycles. The minimum absolute atomic E-state index is 0.159. The monoisotopic (exact) mass is 416 g/mol. The molecule has 2 atom stereocenters. The first-order chi connectivity index (χ1) is 8.58. The van der Waals surface area contributed by atoms with Gasteiger partial charge in [0.1, 0.15) is 0 Å². The van der Waals surface area contributed by atoms with Crippen LogP contribution >= 0.6 is 31.9 Å². The van der Waals surface area contributed by atoms with Crippen molar-refractivity contribution in [3.63, 3.8) is 0 Å². The lowest BCUT2D eigenvalue weighted by atomic mass is 10.2. The molecule has 2 aliphatic rings. The Hall–Kier alpha value is -0.480. The summed E-state index contributed by atoms with van der Waals surface area (Å²) < 4.78 is 27.8. The number of aliphatic imine (C=N–C) groups is 1. The quantitative estimate of drug-likeness (QED) is 0.531. The second-order valence-corrected chi connectivity index (χ2v) is 11.1. The molecular formula is C9H10Br2N2O5S. The molecule has 0 radical (unpaired) electrons. The number of hydrogen-bond donors (Lipinski definition) is 0. The Balaban J connectivity index is 2.48. The first-order valence-corrected chi connectivity index (χ1v) is 8.47. The first-order valence-electron chi connectivity index (χ1n) is 5.24. The number of carbonyl (C=O) groups excluding carboxylic acids is 2. The van der Waals surface area contributed by atoms with Gasteiger partial charge in [0.2, 0.25) is 14.4 Å². The van der Waals surface area contributed by atoms with Gasteiger partial charge in [-0.25, -0.2) is 8.42 Å². The van der Waals surface area contributed by atoms with Crippen LogP contribution in [-0.4, -0.2) is 51.6 Å². The lowest BCUT2D eigenvalue weighted by Gasteiger charge is -2.18. The number of amides is 2.